The van der Waals surface area contributed by atoms with Gasteiger partial charge >= 0.3 is 0 Å². The highest BCUT2D eigenvalue weighted by molar-refractivity contribution is 6.04. The number of hydrogen-bond acceptors (Lipinski definition) is 4. The number of benzene rings is 2. The van der Waals surface area contributed by atoms with Gasteiger partial charge in [0.2, 0.25) is 0 Å². The summed E-state index contributed by atoms with van der Waals surface area (Å²) in [6.45, 7) is 1.67. The lowest BCUT2D eigenvalue weighted by Gasteiger charge is -2.11. The zero-order valence-corrected chi connectivity index (χ0v) is 12.8. The Hall–Kier alpha value is -2.53. The quantitative estimate of drug-likeness (QED) is 0.891. The molecule has 2 rings (SSSR count). The molecule has 5 nitrogen and oxygen atoms in total. The van der Waals surface area contributed by atoms with Crippen molar-refractivity contribution in [2.45, 2.75) is 13.0 Å². The van der Waals surface area contributed by atoms with Crippen molar-refractivity contribution >= 4 is 11.6 Å². The van der Waals surface area contributed by atoms with E-state index in [1.165, 1.54) is 14.2 Å². The molecule has 0 radical (unpaired) electrons. The van der Waals surface area contributed by atoms with E-state index in [9.17, 15) is 9.90 Å². The molecule has 0 bridgehead atoms. The molecule has 2 aromatic rings. The second kappa shape index (κ2) is 6.95. The maximum absolute atomic E-state index is 12.3. The van der Waals surface area contributed by atoms with Crippen molar-refractivity contribution in [3.63, 3.8) is 0 Å². The highest BCUT2D eigenvalue weighted by Crippen LogP contribution is 2.24. The van der Waals surface area contributed by atoms with Gasteiger partial charge in [-0.2, -0.15) is 0 Å². The summed E-state index contributed by atoms with van der Waals surface area (Å²) in [5.41, 5.74) is 1.78. The van der Waals surface area contributed by atoms with E-state index in [0.717, 1.165) is 5.56 Å². The van der Waals surface area contributed by atoms with Gasteiger partial charge in [-0.3, -0.25) is 4.79 Å². The third-order valence-corrected chi connectivity index (χ3v) is 3.24. The molecule has 1 atom stereocenters. The molecule has 116 valence electrons. The third-order valence-electron chi connectivity index (χ3n) is 3.24. The van der Waals surface area contributed by atoms with Gasteiger partial charge in [0.05, 0.1) is 20.3 Å². The molecule has 0 aliphatic rings. The number of rotatable bonds is 5. The van der Waals surface area contributed by atoms with Crippen LogP contribution in [0, 0.1) is 0 Å². The van der Waals surface area contributed by atoms with E-state index in [1.54, 1.807) is 49.4 Å². The normalized spacial score (nSPS) is 11.6. The van der Waals surface area contributed by atoms with E-state index in [1.807, 2.05) is 0 Å². The van der Waals surface area contributed by atoms with Gasteiger partial charge in [-0.25, -0.2) is 0 Å². The van der Waals surface area contributed by atoms with Crippen molar-refractivity contribution in [2.75, 3.05) is 19.5 Å². The maximum Gasteiger partial charge on any atom is 0.255 e. The van der Waals surface area contributed by atoms with E-state index in [4.69, 9.17) is 9.47 Å². The summed E-state index contributed by atoms with van der Waals surface area (Å²) in [6.07, 6.45) is -0.589. The predicted octanol–water partition coefficient (Wildman–Crippen LogP) is 3.01. The lowest BCUT2D eigenvalue weighted by molar-refractivity contribution is 0.102. The fourth-order valence-corrected chi connectivity index (χ4v) is 2.02. The number of carbonyl (C=O) groups excluding carboxylic acids is 1. The molecule has 2 aromatic carbocycles. The molecule has 0 aromatic heterocycles. The lowest BCUT2D eigenvalue weighted by Crippen LogP contribution is -2.12. The summed E-state index contributed by atoms with van der Waals surface area (Å²) in [6, 6.07) is 12.1. The minimum atomic E-state index is -0.589. The molecule has 0 saturated heterocycles. The topological polar surface area (TPSA) is 67.8 Å². The van der Waals surface area contributed by atoms with Crippen LogP contribution < -0.4 is 14.8 Å². The molecule has 0 spiro atoms. The third kappa shape index (κ3) is 3.77. The van der Waals surface area contributed by atoms with Crippen LogP contribution in [0.1, 0.15) is 28.9 Å². The molecule has 0 saturated carbocycles. The Labute approximate surface area is 129 Å². The van der Waals surface area contributed by atoms with Crippen LogP contribution in [0.4, 0.5) is 5.69 Å². The zero-order chi connectivity index (χ0) is 16.1. The summed E-state index contributed by atoms with van der Waals surface area (Å²) >= 11 is 0. The van der Waals surface area contributed by atoms with Gasteiger partial charge in [-0.05, 0) is 36.8 Å². The molecular formula is C17H19NO4. The Morgan fingerprint density at radius 3 is 2.27 bits per heavy atom. The number of carbonyl (C=O) groups is 1. The van der Waals surface area contributed by atoms with Crippen LogP contribution >= 0.6 is 0 Å². The zero-order valence-electron chi connectivity index (χ0n) is 12.8. The predicted molar refractivity (Wildman–Crippen MR) is 84.6 cm³/mol. The van der Waals surface area contributed by atoms with Crippen molar-refractivity contribution in [1.29, 1.82) is 0 Å². The Balaban J connectivity index is 2.23. The van der Waals surface area contributed by atoms with Crippen molar-refractivity contribution in [3.8, 4) is 11.5 Å². The maximum atomic E-state index is 12.3. The second-order valence-corrected chi connectivity index (χ2v) is 4.86. The van der Waals surface area contributed by atoms with Gasteiger partial charge in [-0.15, -0.1) is 0 Å². The fourth-order valence-electron chi connectivity index (χ4n) is 2.02. The molecule has 2 N–H and O–H groups in total. The van der Waals surface area contributed by atoms with Gasteiger partial charge in [0.1, 0.15) is 11.5 Å². The summed E-state index contributed by atoms with van der Waals surface area (Å²) in [5.74, 6) is 0.810. The summed E-state index contributed by atoms with van der Waals surface area (Å²) in [7, 11) is 3.06. The van der Waals surface area contributed by atoms with Crippen LogP contribution in [-0.4, -0.2) is 25.2 Å². The highest BCUT2D eigenvalue weighted by atomic mass is 16.5. The standard InChI is InChI=1S/C17H19NO4/c1-11(19)12-5-4-6-14(7-12)18-17(20)13-8-15(21-2)10-16(9-13)22-3/h4-11,19H,1-3H3,(H,18,20)/t11-/m1/s1. The molecule has 0 aliphatic heterocycles. The van der Waals surface area contributed by atoms with Crippen LogP contribution in [0.5, 0.6) is 11.5 Å². The first-order chi connectivity index (χ1) is 10.5. The van der Waals surface area contributed by atoms with Crippen molar-refractivity contribution in [2.24, 2.45) is 0 Å². The van der Waals surface area contributed by atoms with Gasteiger partial charge in [0, 0.05) is 17.3 Å². The van der Waals surface area contributed by atoms with Gasteiger partial charge < -0.3 is 19.9 Å². The number of aliphatic hydroxyl groups is 1. The Bertz CT molecular complexity index is 645. The summed E-state index contributed by atoms with van der Waals surface area (Å²) in [4.78, 5) is 12.3. The first-order valence-electron chi connectivity index (χ1n) is 6.86. The largest absolute Gasteiger partial charge is 0.497 e. The Kier molecular flexibility index (Phi) is 5.01. The van der Waals surface area contributed by atoms with Crippen molar-refractivity contribution in [1.82, 2.24) is 0 Å². The molecule has 22 heavy (non-hydrogen) atoms. The van der Waals surface area contributed by atoms with Crippen LogP contribution in [0.3, 0.4) is 0 Å². The average molecular weight is 301 g/mol. The first kappa shape index (κ1) is 15.9. The average Bonchev–Trinajstić information content (AvgIpc) is 2.54. The highest BCUT2D eigenvalue weighted by Gasteiger charge is 2.11. The molecule has 0 heterocycles. The number of aliphatic hydroxyl groups excluding tert-OH is 1. The van der Waals surface area contributed by atoms with Crippen molar-refractivity contribution in [3.05, 3.63) is 53.6 Å². The van der Waals surface area contributed by atoms with E-state index >= 15 is 0 Å². The number of anilines is 1. The number of methoxy groups -OCH3 is 2. The smallest absolute Gasteiger partial charge is 0.255 e. The summed E-state index contributed by atoms with van der Waals surface area (Å²) in [5, 5.41) is 12.4. The molecule has 0 aliphatic carbocycles. The minimum Gasteiger partial charge on any atom is -0.497 e. The van der Waals surface area contributed by atoms with Gasteiger partial charge in [0.15, 0.2) is 0 Å². The van der Waals surface area contributed by atoms with Crippen molar-refractivity contribution < 1.29 is 19.4 Å². The van der Waals surface area contributed by atoms with E-state index in [2.05, 4.69) is 5.32 Å². The minimum absolute atomic E-state index is 0.278. The Morgan fingerprint density at radius 1 is 1.09 bits per heavy atom. The second-order valence-electron chi connectivity index (χ2n) is 4.86. The van der Waals surface area contributed by atoms with E-state index in [0.29, 0.717) is 22.7 Å². The first-order valence-corrected chi connectivity index (χ1v) is 6.86. The number of hydrogen-bond donors (Lipinski definition) is 2. The van der Waals surface area contributed by atoms with E-state index in [-0.39, 0.29) is 5.91 Å². The molecule has 0 unspecified atom stereocenters. The van der Waals surface area contributed by atoms with Gasteiger partial charge in [0.25, 0.3) is 5.91 Å². The number of amides is 1. The monoisotopic (exact) mass is 301 g/mol. The van der Waals surface area contributed by atoms with Crippen LogP contribution in [0.2, 0.25) is 0 Å². The fraction of sp³-hybridized carbons (Fsp3) is 0.235. The number of nitrogens with one attached hydrogen (secondary N) is 1. The van der Waals surface area contributed by atoms with Crippen LogP contribution in [-0.2, 0) is 0 Å². The SMILES string of the molecule is COc1cc(OC)cc(C(=O)Nc2cccc([C@@H](C)O)c2)c1. The molecule has 1 amide bonds. The van der Waals surface area contributed by atoms with Crippen LogP contribution in [0.25, 0.3) is 0 Å². The summed E-state index contributed by atoms with van der Waals surface area (Å²) < 4.78 is 10.3. The van der Waals surface area contributed by atoms with Gasteiger partial charge in [-0.1, -0.05) is 12.1 Å². The molecule has 0 fully saturated rings. The molecular weight excluding hydrogens is 282 g/mol. The Morgan fingerprint density at radius 2 is 1.73 bits per heavy atom. The molecule has 5 heteroatoms. The van der Waals surface area contributed by atoms with Crippen LogP contribution in [0.15, 0.2) is 42.5 Å². The van der Waals surface area contributed by atoms with E-state index < -0.39 is 6.10 Å². The number of ether oxygens (including phenoxy) is 2. The lowest BCUT2D eigenvalue weighted by atomic mass is 10.1.